The normalized spacial score (nSPS) is 19.9. The second-order valence-electron chi connectivity index (χ2n) is 6.62. The number of halogens is 3. The van der Waals surface area contributed by atoms with Gasteiger partial charge in [-0.15, -0.1) is 0 Å². The first-order chi connectivity index (χ1) is 12.7. The second kappa shape index (κ2) is 7.02. The highest BCUT2D eigenvalue weighted by Gasteiger charge is 2.63. The molecule has 27 heavy (non-hydrogen) atoms. The molecule has 0 saturated carbocycles. The molecule has 1 aliphatic rings. The number of carbonyl (C=O) groups excluding carboxylic acids is 1. The number of amides is 1. The molecule has 0 aromatic carbocycles. The smallest absolute Gasteiger partial charge is 0.338 e. The number of alkyl halides is 3. The van der Waals surface area contributed by atoms with Crippen molar-refractivity contribution >= 4 is 5.91 Å². The van der Waals surface area contributed by atoms with E-state index in [0.29, 0.717) is 5.69 Å². The Bertz CT molecular complexity index is 883. The van der Waals surface area contributed by atoms with Gasteiger partial charge in [-0.2, -0.15) is 18.2 Å². The molecule has 6 nitrogen and oxygen atoms in total. The number of rotatable bonds is 2. The molecule has 2 aromatic rings. The molecule has 9 heteroatoms. The predicted molar refractivity (Wildman–Crippen MR) is 89.1 cm³/mol. The fourth-order valence-electron chi connectivity index (χ4n) is 2.81. The summed E-state index contributed by atoms with van der Waals surface area (Å²) in [6.07, 6.45) is -3.55. The van der Waals surface area contributed by atoms with Crippen molar-refractivity contribution in [1.82, 2.24) is 20.0 Å². The van der Waals surface area contributed by atoms with Crippen LogP contribution in [-0.4, -0.2) is 45.2 Å². The van der Waals surface area contributed by atoms with E-state index in [4.69, 9.17) is 4.52 Å². The largest absolute Gasteiger partial charge is 0.405 e. The van der Waals surface area contributed by atoms with Gasteiger partial charge in [0.15, 0.2) is 5.41 Å². The molecule has 142 valence electrons. The highest BCUT2D eigenvalue weighted by atomic mass is 19.4. The summed E-state index contributed by atoms with van der Waals surface area (Å²) in [6, 6.07) is 4.91. The van der Waals surface area contributed by atoms with Gasteiger partial charge >= 0.3 is 6.18 Å². The summed E-state index contributed by atoms with van der Waals surface area (Å²) in [5.41, 5.74) is -2.11. The van der Waals surface area contributed by atoms with Gasteiger partial charge in [0, 0.05) is 25.2 Å². The molecule has 2 aromatic heterocycles. The Labute approximate surface area is 153 Å². The molecule has 1 atom stereocenters. The van der Waals surface area contributed by atoms with Gasteiger partial charge in [-0.05, 0) is 24.5 Å². The Kier molecular flexibility index (Phi) is 4.91. The van der Waals surface area contributed by atoms with E-state index in [2.05, 4.69) is 27.0 Å². The fraction of sp³-hybridized carbons (Fsp3) is 0.444. The summed E-state index contributed by atoms with van der Waals surface area (Å²) in [7, 11) is 0. The lowest BCUT2D eigenvalue weighted by Gasteiger charge is -2.27. The Hall–Kier alpha value is -2.89. The molecule has 1 saturated heterocycles. The Morgan fingerprint density at radius 2 is 2.15 bits per heavy atom. The number of likely N-dealkylation sites (tertiary alicyclic amines) is 1. The Balaban J connectivity index is 1.92. The van der Waals surface area contributed by atoms with Crippen molar-refractivity contribution in [2.24, 2.45) is 5.92 Å². The average Bonchev–Trinajstić information content (AvgIpc) is 3.27. The van der Waals surface area contributed by atoms with Gasteiger partial charge in [-0.1, -0.05) is 31.0 Å². The first kappa shape index (κ1) is 18.9. The molecule has 0 aliphatic carbocycles. The molecule has 3 rings (SSSR count). The van der Waals surface area contributed by atoms with Crippen molar-refractivity contribution in [2.75, 3.05) is 13.1 Å². The van der Waals surface area contributed by atoms with Gasteiger partial charge in [0.25, 0.3) is 5.91 Å². The highest BCUT2D eigenvalue weighted by molar-refractivity contribution is 5.93. The van der Waals surface area contributed by atoms with Crippen molar-refractivity contribution in [3.05, 3.63) is 30.3 Å². The van der Waals surface area contributed by atoms with E-state index in [9.17, 15) is 18.0 Å². The molecular weight excluding hydrogens is 361 g/mol. The number of aromatic nitrogens is 3. The van der Waals surface area contributed by atoms with E-state index in [-0.39, 0.29) is 24.7 Å². The summed E-state index contributed by atoms with van der Waals surface area (Å²) in [6.45, 7) is 2.89. The zero-order chi connectivity index (χ0) is 19.7. The van der Waals surface area contributed by atoms with Crippen LogP contribution in [0.5, 0.6) is 0 Å². The van der Waals surface area contributed by atoms with Gasteiger partial charge in [0.1, 0.15) is 5.69 Å². The van der Waals surface area contributed by atoms with Crippen LogP contribution < -0.4 is 0 Å². The van der Waals surface area contributed by atoms with E-state index in [0.717, 1.165) is 4.90 Å². The van der Waals surface area contributed by atoms with E-state index >= 15 is 0 Å². The molecule has 0 bridgehead atoms. The van der Waals surface area contributed by atoms with Crippen LogP contribution in [0.2, 0.25) is 0 Å². The third-order valence-electron chi connectivity index (χ3n) is 4.30. The SMILES string of the molecule is CC(C)C#CC(=O)N1CCC(c2nc(-c3ccccn3)no2)(C(F)(F)F)C1. The van der Waals surface area contributed by atoms with Crippen LogP contribution in [0, 0.1) is 17.8 Å². The van der Waals surface area contributed by atoms with Crippen LogP contribution in [0.1, 0.15) is 26.2 Å². The number of hydrogen-bond donors (Lipinski definition) is 0. The molecular formula is C18H17F3N4O2. The van der Waals surface area contributed by atoms with Gasteiger partial charge in [-0.3, -0.25) is 9.78 Å². The van der Waals surface area contributed by atoms with Crippen LogP contribution in [0.4, 0.5) is 13.2 Å². The summed E-state index contributed by atoms with van der Waals surface area (Å²) in [4.78, 5) is 21.2. The molecule has 3 heterocycles. The minimum absolute atomic E-state index is 0.0291. The number of nitrogens with zero attached hydrogens (tertiary/aromatic N) is 4. The average molecular weight is 378 g/mol. The molecule has 1 unspecified atom stereocenters. The van der Waals surface area contributed by atoms with E-state index in [1.54, 1.807) is 32.0 Å². The Morgan fingerprint density at radius 3 is 2.78 bits per heavy atom. The van der Waals surface area contributed by atoms with Gasteiger partial charge < -0.3 is 9.42 Å². The zero-order valence-corrected chi connectivity index (χ0v) is 14.7. The van der Waals surface area contributed by atoms with Gasteiger partial charge in [0.05, 0.1) is 0 Å². The third-order valence-corrected chi connectivity index (χ3v) is 4.30. The minimum Gasteiger partial charge on any atom is -0.338 e. The quantitative estimate of drug-likeness (QED) is 0.752. The van der Waals surface area contributed by atoms with Crippen LogP contribution in [0.3, 0.4) is 0 Å². The maximum absolute atomic E-state index is 13.9. The van der Waals surface area contributed by atoms with Crippen molar-refractivity contribution in [1.29, 1.82) is 0 Å². The summed E-state index contributed by atoms with van der Waals surface area (Å²) in [5, 5.41) is 3.64. The fourth-order valence-corrected chi connectivity index (χ4v) is 2.81. The van der Waals surface area contributed by atoms with Crippen LogP contribution in [-0.2, 0) is 10.2 Å². The van der Waals surface area contributed by atoms with Crippen molar-refractivity contribution in [3.63, 3.8) is 0 Å². The molecule has 0 N–H and O–H groups in total. The molecule has 0 radical (unpaired) electrons. The van der Waals surface area contributed by atoms with Crippen LogP contribution in [0.15, 0.2) is 28.9 Å². The van der Waals surface area contributed by atoms with E-state index in [1.807, 2.05) is 0 Å². The molecule has 1 aliphatic heterocycles. The monoisotopic (exact) mass is 378 g/mol. The summed E-state index contributed by atoms with van der Waals surface area (Å²) >= 11 is 0. The molecule has 1 amide bonds. The molecule has 1 fully saturated rings. The summed E-state index contributed by atoms with van der Waals surface area (Å²) in [5.74, 6) is 3.77. The predicted octanol–water partition coefficient (Wildman–Crippen LogP) is 2.82. The van der Waals surface area contributed by atoms with Crippen molar-refractivity contribution < 1.29 is 22.5 Å². The standard InChI is InChI=1S/C18H17F3N4O2/c1-12(2)6-7-14(26)25-10-8-17(11-25,18(19,20)21)16-23-15(24-27-16)13-5-3-4-9-22-13/h3-5,9,12H,8,10-11H2,1-2H3. The van der Waals surface area contributed by atoms with Crippen molar-refractivity contribution in [3.8, 4) is 23.4 Å². The lowest BCUT2D eigenvalue weighted by atomic mass is 9.86. The maximum atomic E-state index is 13.9. The number of pyridine rings is 1. The number of carbonyl (C=O) groups is 1. The van der Waals surface area contributed by atoms with Crippen LogP contribution >= 0.6 is 0 Å². The highest BCUT2D eigenvalue weighted by Crippen LogP contribution is 2.47. The van der Waals surface area contributed by atoms with E-state index < -0.39 is 29.9 Å². The van der Waals surface area contributed by atoms with Gasteiger partial charge in [0.2, 0.25) is 11.7 Å². The lowest BCUT2D eigenvalue weighted by Crippen LogP contribution is -2.45. The zero-order valence-electron chi connectivity index (χ0n) is 14.7. The lowest BCUT2D eigenvalue weighted by molar-refractivity contribution is -0.193. The first-order valence-corrected chi connectivity index (χ1v) is 8.36. The van der Waals surface area contributed by atoms with E-state index in [1.165, 1.54) is 6.20 Å². The topological polar surface area (TPSA) is 72.1 Å². The third kappa shape index (κ3) is 3.65. The molecule has 0 spiro atoms. The van der Waals surface area contributed by atoms with Crippen molar-refractivity contribution in [2.45, 2.75) is 31.9 Å². The van der Waals surface area contributed by atoms with Crippen LogP contribution in [0.25, 0.3) is 11.5 Å². The van der Waals surface area contributed by atoms with Gasteiger partial charge in [-0.25, -0.2) is 0 Å². The maximum Gasteiger partial charge on any atom is 0.405 e. The minimum atomic E-state index is -4.67. The number of hydrogen-bond acceptors (Lipinski definition) is 5. The first-order valence-electron chi connectivity index (χ1n) is 8.36. The second-order valence-corrected chi connectivity index (χ2v) is 6.62. The summed E-state index contributed by atoms with van der Waals surface area (Å²) < 4.78 is 46.8. The Morgan fingerprint density at radius 1 is 1.37 bits per heavy atom.